The van der Waals surface area contributed by atoms with Crippen molar-refractivity contribution in [2.24, 2.45) is 0 Å². The molecule has 2 aliphatic rings. The number of para-hydroxylation sites is 1. The molecule has 0 atom stereocenters. The van der Waals surface area contributed by atoms with Crippen LogP contribution in [0.4, 0.5) is 0 Å². The van der Waals surface area contributed by atoms with Gasteiger partial charge in [0.2, 0.25) is 0 Å². The highest BCUT2D eigenvalue weighted by atomic mass is 16.5. The Morgan fingerprint density at radius 1 is 0.812 bits per heavy atom. The van der Waals surface area contributed by atoms with E-state index in [0.29, 0.717) is 0 Å². The molecule has 0 amide bonds. The standard InChI is InChI=1S/C29H31NO2/c1-29(2)28(23-10-4-3-5-11-23)27(25-12-6-7-13-26(25)32-29)22-14-16-24(17-15-22)31-21-20-30-18-8-9-19-30/h3-7,10-17H,8-9,18-21H2,1-2H3. The Labute approximate surface area is 191 Å². The SMILES string of the molecule is CC1(C)Oc2ccccc2C(c2ccc(OCCN3CCCC3)cc2)=C1c1ccccc1. The van der Waals surface area contributed by atoms with Crippen LogP contribution in [0.2, 0.25) is 0 Å². The minimum atomic E-state index is -0.448. The van der Waals surface area contributed by atoms with Crippen LogP contribution in [0.5, 0.6) is 11.5 Å². The lowest BCUT2D eigenvalue weighted by atomic mass is 9.79. The summed E-state index contributed by atoms with van der Waals surface area (Å²) in [5.41, 5.74) is 5.49. The first-order chi connectivity index (χ1) is 15.6. The third-order valence-corrected chi connectivity index (χ3v) is 6.45. The second-order valence-corrected chi connectivity index (χ2v) is 9.15. The maximum absolute atomic E-state index is 6.48. The summed E-state index contributed by atoms with van der Waals surface area (Å²) in [7, 11) is 0. The summed E-state index contributed by atoms with van der Waals surface area (Å²) in [6.07, 6.45) is 2.63. The zero-order chi connectivity index (χ0) is 22.0. The molecule has 2 heterocycles. The van der Waals surface area contributed by atoms with Crippen LogP contribution in [0.1, 0.15) is 43.4 Å². The van der Waals surface area contributed by atoms with E-state index >= 15 is 0 Å². The van der Waals surface area contributed by atoms with Gasteiger partial charge in [0.15, 0.2) is 0 Å². The zero-order valence-corrected chi connectivity index (χ0v) is 19.0. The number of fused-ring (bicyclic) bond motifs is 1. The average molecular weight is 426 g/mol. The smallest absolute Gasteiger partial charge is 0.130 e. The lowest BCUT2D eigenvalue weighted by Crippen LogP contribution is -2.34. The minimum absolute atomic E-state index is 0.448. The second kappa shape index (κ2) is 8.84. The van der Waals surface area contributed by atoms with Crippen LogP contribution < -0.4 is 9.47 Å². The van der Waals surface area contributed by atoms with Crippen molar-refractivity contribution in [3.63, 3.8) is 0 Å². The first-order valence-electron chi connectivity index (χ1n) is 11.7. The van der Waals surface area contributed by atoms with Crippen LogP contribution in [-0.4, -0.2) is 36.7 Å². The molecule has 2 aliphatic heterocycles. The van der Waals surface area contributed by atoms with E-state index in [0.717, 1.165) is 30.2 Å². The van der Waals surface area contributed by atoms with E-state index in [-0.39, 0.29) is 0 Å². The van der Waals surface area contributed by atoms with E-state index in [4.69, 9.17) is 9.47 Å². The van der Waals surface area contributed by atoms with Gasteiger partial charge in [-0.1, -0.05) is 60.7 Å². The van der Waals surface area contributed by atoms with Crippen LogP contribution >= 0.6 is 0 Å². The number of likely N-dealkylation sites (tertiary alicyclic amines) is 1. The monoisotopic (exact) mass is 425 g/mol. The molecule has 3 aromatic rings. The average Bonchev–Trinajstić information content (AvgIpc) is 3.32. The fraction of sp³-hybridized carbons (Fsp3) is 0.310. The third kappa shape index (κ3) is 4.18. The van der Waals surface area contributed by atoms with E-state index in [1.165, 1.54) is 48.2 Å². The van der Waals surface area contributed by atoms with Crippen molar-refractivity contribution in [3.8, 4) is 11.5 Å². The molecule has 0 radical (unpaired) electrons. The highest BCUT2D eigenvalue weighted by Gasteiger charge is 2.36. The van der Waals surface area contributed by atoms with Gasteiger partial charge in [-0.3, -0.25) is 4.90 Å². The van der Waals surface area contributed by atoms with Gasteiger partial charge >= 0.3 is 0 Å². The van der Waals surface area contributed by atoms with Crippen molar-refractivity contribution in [3.05, 3.63) is 95.6 Å². The van der Waals surface area contributed by atoms with Crippen molar-refractivity contribution in [1.29, 1.82) is 0 Å². The number of benzene rings is 3. The predicted octanol–water partition coefficient (Wildman–Crippen LogP) is 6.29. The molecule has 0 unspecified atom stereocenters. The fourth-order valence-corrected chi connectivity index (χ4v) is 4.94. The summed E-state index contributed by atoms with van der Waals surface area (Å²) in [6, 6.07) is 27.5. The minimum Gasteiger partial charge on any atom is -0.492 e. The number of hydrogen-bond donors (Lipinski definition) is 0. The Kier molecular flexibility index (Phi) is 5.75. The summed E-state index contributed by atoms with van der Waals surface area (Å²) in [5, 5.41) is 0. The van der Waals surface area contributed by atoms with Crippen molar-refractivity contribution in [2.75, 3.05) is 26.2 Å². The Morgan fingerprint density at radius 2 is 1.50 bits per heavy atom. The van der Waals surface area contributed by atoms with Crippen LogP contribution in [-0.2, 0) is 0 Å². The largest absolute Gasteiger partial charge is 0.492 e. The molecule has 164 valence electrons. The predicted molar refractivity (Wildman–Crippen MR) is 131 cm³/mol. The first-order valence-corrected chi connectivity index (χ1v) is 11.7. The van der Waals surface area contributed by atoms with Crippen molar-refractivity contribution >= 4 is 11.1 Å². The molecule has 0 spiro atoms. The molecule has 0 bridgehead atoms. The maximum atomic E-state index is 6.48. The van der Waals surface area contributed by atoms with E-state index in [1.54, 1.807) is 0 Å². The third-order valence-electron chi connectivity index (χ3n) is 6.45. The molecule has 0 aromatic heterocycles. The van der Waals surface area contributed by atoms with Crippen molar-refractivity contribution in [1.82, 2.24) is 4.90 Å². The van der Waals surface area contributed by atoms with Crippen LogP contribution in [0.15, 0.2) is 78.9 Å². The molecular formula is C29H31NO2. The van der Waals surface area contributed by atoms with Gasteiger partial charge in [0, 0.05) is 23.3 Å². The molecule has 32 heavy (non-hydrogen) atoms. The quantitative estimate of drug-likeness (QED) is 0.463. The molecule has 5 rings (SSSR count). The number of nitrogens with zero attached hydrogens (tertiary/aromatic N) is 1. The Hall–Kier alpha value is -3.04. The normalized spacial score (nSPS) is 17.7. The number of rotatable bonds is 6. The zero-order valence-electron chi connectivity index (χ0n) is 19.0. The molecular weight excluding hydrogens is 394 g/mol. The van der Waals surface area contributed by atoms with Gasteiger partial charge in [0.05, 0.1) is 0 Å². The molecule has 1 fully saturated rings. The molecule has 0 N–H and O–H groups in total. The van der Waals surface area contributed by atoms with Gasteiger partial charge < -0.3 is 9.47 Å². The lowest BCUT2D eigenvalue weighted by Gasteiger charge is -2.37. The van der Waals surface area contributed by atoms with Crippen LogP contribution in [0.3, 0.4) is 0 Å². The summed E-state index contributed by atoms with van der Waals surface area (Å²) in [5.74, 6) is 1.85. The topological polar surface area (TPSA) is 21.7 Å². The number of ether oxygens (including phenoxy) is 2. The van der Waals surface area contributed by atoms with Gasteiger partial charge in [-0.15, -0.1) is 0 Å². The van der Waals surface area contributed by atoms with E-state index < -0.39 is 5.60 Å². The Morgan fingerprint density at radius 3 is 2.25 bits per heavy atom. The van der Waals surface area contributed by atoms with E-state index in [2.05, 4.69) is 91.5 Å². The first kappa shape index (κ1) is 20.8. The Bertz CT molecular complexity index is 1090. The summed E-state index contributed by atoms with van der Waals surface area (Å²) >= 11 is 0. The van der Waals surface area contributed by atoms with Crippen molar-refractivity contribution in [2.45, 2.75) is 32.3 Å². The molecule has 0 saturated carbocycles. The number of hydrogen-bond acceptors (Lipinski definition) is 3. The lowest BCUT2D eigenvalue weighted by molar-refractivity contribution is 0.169. The highest BCUT2D eigenvalue weighted by Crippen LogP contribution is 2.47. The van der Waals surface area contributed by atoms with Gasteiger partial charge in [-0.2, -0.15) is 0 Å². The fourth-order valence-electron chi connectivity index (χ4n) is 4.94. The van der Waals surface area contributed by atoms with Gasteiger partial charge in [-0.05, 0) is 69.1 Å². The van der Waals surface area contributed by atoms with Crippen LogP contribution in [0, 0.1) is 0 Å². The summed E-state index contributed by atoms with van der Waals surface area (Å²) in [4.78, 5) is 2.48. The van der Waals surface area contributed by atoms with Gasteiger partial charge in [0.1, 0.15) is 23.7 Å². The summed E-state index contributed by atoms with van der Waals surface area (Å²) < 4.78 is 12.5. The Balaban J connectivity index is 1.50. The molecule has 0 aliphatic carbocycles. The maximum Gasteiger partial charge on any atom is 0.130 e. The molecule has 3 aromatic carbocycles. The molecule has 3 heteroatoms. The van der Waals surface area contributed by atoms with Gasteiger partial charge in [0.25, 0.3) is 0 Å². The van der Waals surface area contributed by atoms with Crippen molar-refractivity contribution < 1.29 is 9.47 Å². The van der Waals surface area contributed by atoms with E-state index in [1.807, 2.05) is 6.07 Å². The second-order valence-electron chi connectivity index (χ2n) is 9.15. The molecule has 3 nitrogen and oxygen atoms in total. The van der Waals surface area contributed by atoms with Crippen LogP contribution in [0.25, 0.3) is 11.1 Å². The summed E-state index contributed by atoms with van der Waals surface area (Å²) in [6.45, 7) is 8.46. The highest BCUT2D eigenvalue weighted by molar-refractivity contribution is 6.03. The van der Waals surface area contributed by atoms with E-state index in [9.17, 15) is 0 Å². The van der Waals surface area contributed by atoms with Gasteiger partial charge in [-0.25, -0.2) is 0 Å². The molecule has 1 saturated heterocycles.